The molecule has 0 saturated heterocycles. The standard InChI is InChI=1S/C23H23ClN2O/c24-21-13-11-19(12-14-21)16-26-23(27)17-25-22(20-9-5-2-6-10-20)15-18-7-3-1-4-8-18/h1-14,22,25H,15-17H2,(H,26,27). The van der Waals surface area contributed by atoms with E-state index in [1.807, 2.05) is 60.7 Å². The van der Waals surface area contributed by atoms with Gasteiger partial charge < -0.3 is 10.6 Å². The predicted octanol–water partition coefficient (Wildman–Crippen LogP) is 4.53. The van der Waals surface area contributed by atoms with Gasteiger partial charge in [0, 0.05) is 17.6 Å². The average Bonchev–Trinajstić information content (AvgIpc) is 2.72. The summed E-state index contributed by atoms with van der Waals surface area (Å²) in [6.07, 6.45) is 0.829. The Kier molecular flexibility index (Phi) is 7.03. The quantitative estimate of drug-likeness (QED) is 0.604. The van der Waals surface area contributed by atoms with Crippen LogP contribution >= 0.6 is 11.6 Å². The van der Waals surface area contributed by atoms with Crippen molar-refractivity contribution in [3.8, 4) is 0 Å². The number of hydrogen-bond acceptors (Lipinski definition) is 2. The molecule has 3 rings (SSSR count). The van der Waals surface area contributed by atoms with Gasteiger partial charge in [0.1, 0.15) is 0 Å². The molecule has 0 bridgehead atoms. The number of hydrogen-bond donors (Lipinski definition) is 2. The van der Waals surface area contributed by atoms with Crippen LogP contribution in [0.4, 0.5) is 0 Å². The summed E-state index contributed by atoms with van der Waals surface area (Å²) in [5.41, 5.74) is 3.43. The molecular weight excluding hydrogens is 356 g/mol. The highest BCUT2D eigenvalue weighted by molar-refractivity contribution is 6.30. The van der Waals surface area contributed by atoms with Crippen LogP contribution in [0.5, 0.6) is 0 Å². The largest absolute Gasteiger partial charge is 0.351 e. The molecule has 3 nitrogen and oxygen atoms in total. The molecule has 2 N–H and O–H groups in total. The Morgan fingerprint density at radius 1 is 0.815 bits per heavy atom. The molecule has 0 radical (unpaired) electrons. The first-order chi connectivity index (χ1) is 13.2. The van der Waals surface area contributed by atoms with Gasteiger partial charge in [-0.05, 0) is 35.2 Å². The van der Waals surface area contributed by atoms with Crippen molar-refractivity contribution >= 4 is 17.5 Å². The molecule has 1 amide bonds. The van der Waals surface area contributed by atoms with E-state index in [4.69, 9.17) is 11.6 Å². The zero-order valence-corrected chi connectivity index (χ0v) is 15.8. The van der Waals surface area contributed by atoms with E-state index in [0.717, 1.165) is 12.0 Å². The van der Waals surface area contributed by atoms with Crippen molar-refractivity contribution in [2.75, 3.05) is 6.54 Å². The number of benzene rings is 3. The summed E-state index contributed by atoms with van der Waals surface area (Å²) in [5, 5.41) is 7.03. The molecule has 27 heavy (non-hydrogen) atoms. The lowest BCUT2D eigenvalue weighted by atomic mass is 9.99. The third-order valence-electron chi connectivity index (χ3n) is 4.40. The lowest BCUT2D eigenvalue weighted by molar-refractivity contribution is -0.120. The highest BCUT2D eigenvalue weighted by Gasteiger charge is 2.13. The minimum absolute atomic E-state index is 0.0288. The first kappa shape index (κ1) is 19.2. The number of nitrogens with one attached hydrogen (secondary N) is 2. The summed E-state index contributed by atoms with van der Waals surface area (Å²) in [6, 6.07) is 28.1. The van der Waals surface area contributed by atoms with E-state index in [-0.39, 0.29) is 18.5 Å². The van der Waals surface area contributed by atoms with Gasteiger partial charge in [-0.15, -0.1) is 0 Å². The van der Waals surface area contributed by atoms with Crippen LogP contribution in [0.1, 0.15) is 22.7 Å². The van der Waals surface area contributed by atoms with E-state index in [9.17, 15) is 4.79 Å². The zero-order chi connectivity index (χ0) is 18.9. The van der Waals surface area contributed by atoms with E-state index in [2.05, 4.69) is 34.9 Å². The predicted molar refractivity (Wildman–Crippen MR) is 111 cm³/mol. The number of rotatable bonds is 8. The van der Waals surface area contributed by atoms with Crippen LogP contribution in [0.25, 0.3) is 0 Å². The van der Waals surface area contributed by atoms with Crippen molar-refractivity contribution in [2.24, 2.45) is 0 Å². The third kappa shape index (κ3) is 6.24. The Morgan fingerprint density at radius 2 is 1.44 bits per heavy atom. The van der Waals surface area contributed by atoms with Crippen LogP contribution in [-0.4, -0.2) is 12.5 Å². The second kappa shape index (κ2) is 9.91. The number of amides is 1. The topological polar surface area (TPSA) is 41.1 Å². The summed E-state index contributed by atoms with van der Waals surface area (Å²) in [4.78, 5) is 12.3. The molecule has 0 fully saturated rings. The number of halogens is 1. The molecule has 1 atom stereocenters. The highest BCUT2D eigenvalue weighted by Crippen LogP contribution is 2.18. The van der Waals surface area contributed by atoms with Crippen molar-refractivity contribution in [1.82, 2.24) is 10.6 Å². The molecule has 0 aliphatic heterocycles. The Balaban J connectivity index is 1.57. The summed E-state index contributed by atoms with van der Waals surface area (Å²) >= 11 is 5.89. The molecule has 0 spiro atoms. The zero-order valence-electron chi connectivity index (χ0n) is 15.1. The van der Waals surface area contributed by atoms with Crippen molar-refractivity contribution < 1.29 is 4.79 Å². The van der Waals surface area contributed by atoms with Gasteiger partial charge >= 0.3 is 0 Å². The van der Waals surface area contributed by atoms with Gasteiger partial charge in [-0.2, -0.15) is 0 Å². The molecule has 0 heterocycles. The van der Waals surface area contributed by atoms with Crippen molar-refractivity contribution in [1.29, 1.82) is 0 Å². The minimum atomic E-state index is -0.0288. The van der Waals surface area contributed by atoms with E-state index in [1.165, 1.54) is 11.1 Å². The van der Waals surface area contributed by atoms with Crippen LogP contribution in [0.2, 0.25) is 5.02 Å². The van der Waals surface area contributed by atoms with E-state index < -0.39 is 0 Å². The van der Waals surface area contributed by atoms with Crippen LogP contribution in [-0.2, 0) is 17.8 Å². The molecule has 138 valence electrons. The SMILES string of the molecule is O=C(CNC(Cc1ccccc1)c1ccccc1)NCc1ccc(Cl)cc1. The second-order valence-electron chi connectivity index (χ2n) is 6.44. The maximum Gasteiger partial charge on any atom is 0.234 e. The Bertz CT molecular complexity index is 835. The summed E-state index contributed by atoms with van der Waals surface area (Å²) in [7, 11) is 0. The average molecular weight is 379 g/mol. The van der Waals surface area contributed by atoms with Gasteiger partial charge in [-0.25, -0.2) is 0 Å². The first-order valence-corrected chi connectivity index (χ1v) is 9.42. The summed E-state index contributed by atoms with van der Waals surface area (Å²) < 4.78 is 0. The maximum absolute atomic E-state index is 12.3. The summed E-state index contributed by atoms with van der Waals surface area (Å²) in [6.45, 7) is 0.756. The maximum atomic E-state index is 12.3. The monoisotopic (exact) mass is 378 g/mol. The minimum Gasteiger partial charge on any atom is -0.351 e. The van der Waals surface area contributed by atoms with Gasteiger partial charge in [-0.3, -0.25) is 4.79 Å². The normalized spacial score (nSPS) is 11.7. The fourth-order valence-electron chi connectivity index (χ4n) is 2.92. The van der Waals surface area contributed by atoms with Gasteiger partial charge in [0.05, 0.1) is 6.54 Å². The third-order valence-corrected chi connectivity index (χ3v) is 4.65. The second-order valence-corrected chi connectivity index (χ2v) is 6.87. The molecule has 0 aliphatic carbocycles. The van der Waals surface area contributed by atoms with E-state index in [1.54, 1.807) is 0 Å². The molecule has 0 aliphatic rings. The lowest BCUT2D eigenvalue weighted by Crippen LogP contribution is -2.36. The van der Waals surface area contributed by atoms with Crippen LogP contribution in [0.15, 0.2) is 84.9 Å². The summed E-state index contributed by atoms with van der Waals surface area (Å²) in [5.74, 6) is -0.0288. The highest BCUT2D eigenvalue weighted by atomic mass is 35.5. The Morgan fingerprint density at radius 3 is 2.11 bits per heavy atom. The fraction of sp³-hybridized carbons (Fsp3) is 0.174. The first-order valence-electron chi connectivity index (χ1n) is 9.04. The van der Waals surface area contributed by atoms with E-state index >= 15 is 0 Å². The molecule has 3 aromatic rings. The van der Waals surface area contributed by atoms with E-state index in [0.29, 0.717) is 11.6 Å². The van der Waals surface area contributed by atoms with Crippen LogP contribution in [0, 0.1) is 0 Å². The van der Waals surface area contributed by atoms with Gasteiger partial charge in [0.2, 0.25) is 5.91 Å². The smallest absolute Gasteiger partial charge is 0.234 e. The lowest BCUT2D eigenvalue weighted by Gasteiger charge is -2.19. The molecule has 3 aromatic carbocycles. The van der Waals surface area contributed by atoms with Crippen LogP contribution in [0.3, 0.4) is 0 Å². The van der Waals surface area contributed by atoms with Gasteiger partial charge in [0.25, 0.3) is 0 Å². The van der Waals surface area contributed by atoms with Crippen molar-refractivity contribution in [3.63, 3.8) is 0 Å². The van der Waals surface area contributed by atoms with Gasteiger partial charge in [-0.1, -0.05) is 84.4 Å². The Hall–Kier alpha value is -2.62. The molecule has 1 unspecified atom stereocenters. The Labute approximate surface area is 165 Å². The van der Waals surface area contributed by atoms with Crippen molar-refractivity contribution in [2.45, 2.75) is 19.0 Å². The molecule has 0 aromatic heterocycles. The molecular formula is C23H23ClN2O. The van der Waals surface area contributed by atoms with Crippen LogP contribution < -0.4 is 10.6 Å². The molecule has 0 saturated carbocycles. The van der Waals surface area contributed by atoms with Crippen molar-refractivity contribution in [3.05, 3.63) is 107 Å². The number of carbonyl (C=O) groups is 1. The molecule has 4 heteroatoms. The fourth-order valence-corrected chi connectivity index (χ4v) is 3.05. The van der Waals surface area contributed by atoms with Gasteiger partial charge in [0.15, 0.2) is 0 Å². The number of carbonyl (C=O) groups excluding carboxylic acids is 1.